The van der Waals surface area contributed by atoms with Crippen LogP contribution in [0.5, 0.6) is 0 Å². The molecular weight excluding hydrogens is 264 g/mol. The van der Waals surface area contributed by atoms with Crippen molar-refractivity contribution in [2.75, 3.05) is 6.54 Å². The lowest BCUT2D eigenvalue weighted by atomic mass is 10.1. The topological polar surface area (TPSA) is 92.4 Å². The molecule has 0 aliphatic rings. The monoisotopic (exact) mass is 286 g/mol. The largest absolute Gasteiger partial charge is 0.390 e. The van der Waals surface area contributed by atoms with E-state index in [1.54, 1.807) is 30.3 Å². The highest BCUT2D eigenvalue weighted by Gasteiger charge is 2.31. The van der Waals surface area contributed by atoms with Crippen molar-refractivity contribution in [1.29, 1.82) is 0 Å². The molecule has 0 radical (unpaired) electrons. The summed E-state index contributed by atoms with van der Waals surface area (Å²) < 4.78 is 23.4. The van der Waals surface area contributed by atoms with Crippen LogP contribution in [-0.2, 0) is 10.0 Å². The van der Waals surface area contributed by atoms with Gasteiger partial charge < -0.3 is 10.4 Å². The van der Waals surface area contributed by atoms with E-state index in [9.17, 15) is 13.5 Å². The number of rotatable bonds is 7. The summed E-state index contributed by atoms with van der Waals surface area (Å²) in [7, 11) is -3.86. The third-order valence-electron chi connectivity index (χ3n) is 3.12. The van der Waals surface area contributed by atoms with E-state index >= 15 is 0 Å². The smallest absolute Gasteiger partial charge is 0.218 e. The Labute approximate surface area is 114 Å². The molecule has 0 fully saturated rings. The fraction of sp³-hybridized carbons (Fsp3) is 0.538. The number of benzene rings is 1. The Balaban J connectivity index is 2.88. The van der Waals surface area contributed by atoms with Crippen LogP contribution >= 0.6 is 0 Å². The Morgan fingerprint density at radius 1 is 1.32 bits per heavy atom. The number of hydrogen-bond donors (Lipinski definition) is 3. The molecule has 3 atom stereocenters. The van der Waals surface area contributed by atoms with Crippen LogP contribution < -0.4 is 10.5 Å². The zero-order valence-electron chi connectivity index (χ0n) is 11.3. The van der Waals surface area contributed by atoms with Crippen LogP contribution in [0.3, 0.4) is 0 Å². The third kappa shape index (κ3) is 4.91. The van der Waals surface area contributed by atoms with Gasteiger partial charge in [-0.05, 0) is 18.9 Å². The Hall–Kier alpha value is -0.950. The standard InChI is InChI=1S/C13H22N2O3S/c1-3-10(2)15-9-12(16)13(19(14,17)18)11-7-5-4-6-8-11/h4-8,10,12-13,15-16H,3,9H2,1-2H3,(H2,14,17,18). The van der Waals surface area contributed by atoms with Crippen LogP contribution in [0.2, 0.25) is 0 Å². The molecule has 0 aliphatic heterocycles. The van der Waals surface area contributed by atoms with Gasteiger partial charge in [-0.3, -0.25) is 0 Å². The molecule has 4 N–H and O–H groups in total. The van der Waals surface area contributed by atoms with E-state index in [1.165, 1.54) is 0 Å². The van der Waals surface area contributed by atoms with E-state index in [0.717, 1.165) is 6.42 Å². The quantitative estimate of drug-likeness (QED) is 0.690. The lowest BCUT2D eigenvalue weighted by molar-refractivity contribution is 0.161. The maximum atomic E-state index is 11.7. The highest BCUT2D eigenvalue weighted by Crippen LogP contribution is 2.23. The molecule has 0 aliphatic carbocycles. The van der Waals surface area contributed by atoms with E-state index in [4.69, 9.17) is 5.14 Å². The molecule has 1 rings (SSSR count). The minimum atomic E-state index is -3.86. The molecule has 19 heavy (non-hydrogen) atoms. The predicted molar refractivity (Wildman–Crippen MR) is 76.1 cm³/mol. The van der Waals surface area contributed by atoms with Gasteiger partial charge in [0.2, 0.25) is 10.0 Å². The molecule has 5 nitrogen and oxygen atoms in total. The molecule has 0 heterocycles. The summed E-state index contributed by atoms with van der Waals surface area (Å²) in [6.45, 7) is 4.17. The van der Waals surface area contributed by atoms with Gasteiger partial charge in [-0.25, -0.2) is 13.6 Å². The van der Waals surface area contributed by atoms with Crippen molar-refractivity contribution in [3.63, 3.8) is 0 Å². The number of aliphatic hydroxyl groups excluding tert-OH is 1. The summed E-state index contributed by atoms with van der Waals surface area (Å²) >= 11 is 0. The average Bonchev–Trinajstić information content (AvgIpc) is 2.35. The molecule has 0 bridgehead atoms. The van der Waals surface area contributed by atoms with Crippen molar-refractivity contribution in [2.24, 2.45) is 5.14 Å². The van der Waals surface area contributed by atoms with Gasteiger partial charge in [-0.1, -0.05) is 37.3 Å². The summed E-state index contributed by atoms with van der Waals surface area (Å²) in [6, 6.07) is 8.76. The number of sulfonamides is 1. The molecule has 3 unspecified atom stereocenters. The molecule has 1 aromatic rings. The van der Waals surface area contributed by atoms with Crippen molar-refractivity contribution in [3.8, 4) is 0 Å². The first-order valence-electron chi connectivity index (χ1n) is 6.34. The van der Waals surface area contributed by atoms with E-state index in [1.807, 2.05) is 13.8 Å². The van der Waals surface area contributed by atoms with Crippen molar-refractivity contribution in [3.05, 3.63) is 35.9 Å². The van der Waals surface area contributed by atoms with Gasteiger partial charge in [-0.2, -0.15) is 0 Å². The zero-order valence-corrected chi connectivity index (χ0v) is 12.1. The van der Waals surface area contributed by atoms with Gasteiger partial charge in [0.15, 0.2) is 0 Å². The zero-order chi connectivity index (χ0) is 14.5. The Kier molecular flexibility index (Phi) is 5.93. The SMILES string of the molecule is CCC(C)NCC(O)C(c1ccccc1)S(N)(=O)=O. The van der Waals surface area contributed by atoms with Crippen LogP contribution in [0.15, 0.2) is 30.3 Å². The van der Waals surface area contributed by atoms with E-state index in [0.29, 0.717) is 5.56 Å². The van der Waals surface area contributed by atoms with Gasteiger partial charge in [0.1, 0.15) is 5.25 Å². The van der Waals surface area contributed by atoms with E-state index in [2.05, 4.69) is 5.32 Å². The molecule has 108 valence electrons. The van der Waals surface area contributed by atoms with Gasteiger partial charge in [0.25, 0.3) is 0 Å². The van der Waals surface area contributed by atoms with Crippen LogP contribution in [-0.4, -0.2) is 32.2 Å². The minimum absolute atomic E-state index is 0.186. The van der Waals surface area contributed by atoms with Crippen molar-refractivity contribution >= 4 is 10.0 Å². The fourth-order valence-electron chi connectivity index (χ4n) is 1.85. The van der Waals surface area contributed by atoms with Crippen molar-refractivity contribution in [1.82, 2.24) is 5.32 Å². The maximum Gasteiger partial charge on any atom is 0.218 e. The predicted octanol–water partition coefficient (Wildman–Crippen LogP) is 0.765. The second kappa shape index (κ2) is 7.00. The molecule has 6 heteroatoms. The second-order valence-corrected chi connectivity index (χ2v) is 6.39. The second-order valence-electron chi connectivity index (χ2n) is 4.71. The molecule has 0 amide bonds. The van der Waals surface area contributed by atoms with E-state index in [-0.39, 0.29) is 12.6 Å². The van der Waals surface area contributed by atoms with Crippen LogP contribution in [0.25, 0.3) is 0 Å². The van der Waals surface area contributed by atoms with Crippen LogP contribution in [0.1, 0.15) is 31.1 Å². The van der Waals surface area contributed by atoms with Crippen molar-refractivity contribution < 1.29 is 13.5 Å². The summed E-state index contributed by atoms with van der Waals surface area (Å²) in [4.78, 5) is 0. The van der Waals surface area contributed by atoms with E-state index < -0.39 is 21.4 Å². The lowest BCUT2D eigenvalue weighted by Crippen LogP contribution is -2.40. The average molecular weight is 286 g/mol. The molecule has 0 saturated carbocycles. The first-order chi connectivity index (χ1) is 8.86. The third-order valence-corrected chi connectivity index (χ3v) is 4.41. The lowest BCUT2D eigenvalue weighted by Gasteiger charge is -2.23. The summed E-state index contributed by atoms with van der Waals surface area (Å²) in [5, 5.41) is 17.3. The molecule has 0 aromatic heterocycles. The Morgan fingerprint density at radius 2 is 1.89 bits per heavy atom. The number of nitrogens with one attached hydrogen (secondary N) is 1. The minimum Gasteiger partial charge on any atom is -0.390 e. The number of nitrogens with two attached hydrogens (primary N) is 1. The summed E-state index contributed by atoms with van der Waals surface area (Å²) in [5.41, 5.74) is 0.503. The summed E-state index contributed by atoms with van der Waals surface area (Å²) in [5.74, 6) is 0. The first kappa shape index (κ1) is 16.1. The van der Waals surface area contributed by atoms with Gasteiger partial charge in [0.05, 0.1) is 6.10 Å². The highest BCUT2D eigenvalue weighted by molar-refractivity contribution is 7.89. The molecule has 0 spiro atoms. The Morgan fingerprint density at radius 3 is 2.37 bits per heavy atom. The molecule has 1 aromatic carbocycles. The number of hydrogen-bond acceptors (Lipinski definition) is 4. The van der Waals surface area contributed by atoms with Crippen LogP contribution in [0, 0.1) is 0 Å². The van der Waals surface area contributed by atoms with Crippen LogP contribution in [0.4, 0.5) is 0 Å². The number of aliphatic hydroxyl groups is 1. The fourth-order valence-corrected chi connectivity index (χ4v) is 2.92. The first-order valence-corrected chi connectivity index (χ1v) is 7.95. The molecule has 0 saturated heterocycles. The van der Waals surface area contributed by atoms with Crippen molar-refractivity contribution in [2.45, 2.75) is 37.7 Å². The normalized spacial score (nSPS) is 16.8. The Bertz CT molecular complexity index is 476. The van der Waals surface area contributed by atoms with Gasteiger partial charge in [-0.15, -0.1) is 0 Å². The van der Waals surface area contributed by atoms with Gasteiger partial charge >= 0.3 is 0 Å². The highest BCUT2D eigenvalue weighted by atomic mass is 32.2. The molecular formula is C13H22N2O3S. The summed E-state index contributed by atoms with van der Waals surface area (Å²) in [6.07, 6.45) is -0.177. The van der Waals surface area contributed by atoms with Gasteiger partial charge in [0, 0.05) is 12.6 Å². The maximum absolute atomic E-state index is 11.7. The number of primary sulfonamides is 1.